The van der Waals surface area contributed by atoms with Gasteiger partial charge in [0.2, 0.25) is 0 Å². The van der Waals surface area contributed by atoms with E-state index in [1.165, 1.54) is 0 Å². The van der Waals surface area contributed by atoms with Gasteiger partial charge in [0.15, 0.2) is 5.78 Å². The second-order valence-electron chi connectivity index (χ2n) is 7.82. The number of aromatic nitrogens is 2. The lowest BCUT2D eigenvalue weighted by Gasteiger charge is -2.38. The summed E-state index contributed by atoms with van der Waals surface area (Å²) in [6, 6.07) is 5.27. The van der Waals surface area contributed by atoms with E-state index in [1.54, 1.807) is 6.07 Å². The van der Waals surface area contributed by atoms with Crippen LogP contribution in [0.25, 0.3) is 0 Å². The molecule has 130 valence electrons. The lowest BCUT2D eigenvalue weighted by molar-refractivity contribution is -0.118. The number of aryl methyl sites for hydroxylation is 1. The van der Waals surface area contributed by atoms with Crippen LogP contribution in [0.15, 0.2) is 34.3 Å². The van der Waals surface area contributed by atoms with Crippen LogP contribution in [0.3, 0.4) is 0 Å². The summed E-state index contributed by atoms with van der Waals surface area (Å²) < 4.78 is 0. The van der Waals surface area contributed by atoms with Crippen LogP contribution < -0.4 is 10.9 Å². The zero-order valence-electron chi connectivity index (χ0n) is 14.5. The molecule has 0 amide bonds. The number of anilines is 1. The van der Waals surface area contributed by atoms with E-state index >= 15 is 0 Å². The Balaban J connectivity index is 2.00. The maximum absolute atomic E-state index is 13.0. The molecular weight excluding hydrogens is 318 g/mol. The molecule has 1 aromatic heterocycles. The van der Waals surface area contributed by atoms with Gasteiger partial charge in [0.25, 0.3) is 5.56 Å². The largest absolute Gasteiger partial charge is 0.508 e. The highest BCUT2D eigenvalue weighted by Gasteiger charge is 2.43. The fourth-order valence-corrected chi connectivity index (χ4v) is 4.03. The summed E-state index contributed by atoms with van der Waals surface area (Å²) >= 11 is 0. The van der Waals surface area contributed by atoms with Gasteiger partial charge in [-0.1, -0.05) is 31.5 Å². The Morgan fingerprint density at radius 3 is 2.68 bits per heavy atom. The van der Waals surface area contributed by atoms with Gasteiger partial charge in [-0.25, -0.2) is 0 Å². The van der Waals surface area contributed by atoms with Crippen molar-refractivity contribution in [2.75, 3.05) is 5.32 Å². The van der Waals surface area contributed by atoms with E-state index in [4.69, 9.17) is 0 Å². The minimum atomic E-state index is -0.565. The summed E-state index contributed by atoms with van der Waals surface area (Å²) in [4.78, 5) is 25.4. The van der Waals surface area contributed by atoms with Gasteiger partial charge in [0.1, 0.15) is 11.6 Å². The van der Waals surface area contributed by atoms with Gasteiger partial charge in [-0.3, -0.25) is 19.8 Å². The number of ketones is 1. The zero-order valence-corrected chi connectivity index (χ0v) is 14.5. The molecule has 1 atom stereocenters. The first-order valence-electron chi connectivity index (χ1n) is 8.40. The van der Waals surface area contributed by atoms with Crippen LogP contribution in [0.5, 0.6) is 5.75 Å². The fraction of sp³-hybridized carbons (Fsp3) is 0.368. The summed E-state index contributed by atoms with van der Waals surface area (Å²) in [7, 11) is 0. The molecule has 2 heterocycles. The van der Waals surface area contributed by atoms with Crippen molar-refractivity contribution in [3.8, 4) is 5.75 Å². The Labute approximate surface area is 145 Å². The van der Waals surface area contributed by atoms with E-state index in [-0.39, 0.29) is 22.5 Å². The van der Waals surface area contributed by atoms with Crippen molar-refractivity contribution in [2.45, 2.75) is 39.5 Å². The van der Waals surface area contributed by atoms with Gasteiger partial charge in [-0.2, -0.15) is 0 Å². The third-order valence-corrected chi connectivity index (χ3v) is 5.08. The molecule has 0 bridgehead atoms. The van der Waals surface area contributed by atoms with Crippen molar-refractivity contribution in [1.29, 1.82) is 0 Å². The maximum atomic E-state index is 13.0. The zero-order chi connectivity index (χ0) is 17.9. The van der Waals surface area contributed by atoms with Gasteiger partial charge in [-0.15, -0.1) is 0 Å². The number of hydrogen-bond donors (Lipinski definition) is 4. The first-order valence-corrected chi connectivity index (χ1v) is 8.40. The van der Waals surface area contributed by atoms with E-state index in [2.05, 4.69) is 29.4 Å². The summed E-state index contributed by atoms with van der Waals surface area (Å²) in [6.07, 6.45) is 1.14. The van der Waals surface area contributed by atoms with Crippen LogP contribution >= 0.6 is 0 Å². The minimum absolute atomic E-state index is 0.0240. The van der Waals surface area contributed by atoms with E-state index in [1.807, 2.05) is 19.1 Å². The molecule has 0 saturated carbocycles. The monoisotopic (exact) mass is 339 g/mol. The number of carbonyl (C=O) groups is 1. The van der Waals surface area contributed by atoms with Crippen LogP contribution in [0.2, 0.25) is 0 Å². The number of carbonyl (C=O) groups excluding carboxylic acids is 1. The molecule has 1 aliphatic heterocycles. The molecule has 0 unspecified atom stereocenters. The molecule has 4 rings (SSSR count). The van der Waals surface area contributed by atoms with Gasteiger partial charge >= 0.3 is 0 Å². The highest BCUT2D eigenvalue weighted by atomic mass is 16.3. The number of nitrogens with one attached hydrogen (secondary N) is 3. The number of aromatic amines is 2. The van der Waals surface area contributed by atoms with Gasteiger partial charge in [0, 0.05) is 23.3 Å². The number of allylic oxidation sites excluding steroid dienone is 2. The van der Waals surface area contributed by atoms with Crippen molar-refractivity contribution in [2.24, 2.45) is 5.41 Å². The fourth-order valence-electron chi connectivity index (χ4n) is 4.03. The quantitative estimate of drug-likeness (QED) is 0.642. The number of phenols is 1. The molecule has 0 saturated heterocycles. The van der Waals surface area contributed by atoms with Crippen LogP contribution in [-0.2, 0) is 4.79 Å². The van der Waals surface area contributed by atoms with E-state index in [0.717, 1.165) is 11.3 Å². The summed E-state index contributed by atoms with van der Waals surface area (Å²) in [6.45, 7) is 6.04. The SMILES string of the molecule is Cc1ccc(O)c([C@@H]2C3=C(CC(C)(C)CC3=O)Nc3[nH][nH]c(=O)c32)c1. The normalized spacial score (nSPS) is 21.6. The van der Waals surface area contributed by atoms with Crippen LogP contribution in [0.1, 0.15) is 49.3 Å². The molecule has 0 fully saturated rings. The van der Waals surface area contributed by atoms with Crippen molar-refractivity contribution < 1.29 is 9.90 Å². The predicted molar refractivity (Wildman–Crippen MR) is 94.8 cm³/mol. The smallest absolute Gasteiger partial charge is 0.270 e. The molecule has 1 aliphatic carbocycles. The standard InChI is InChI=1S/C19H21N3O3/c1-9-4-5-12(23)10(6-9)14-15-11(7-19(2,3)8-13(15)24)20-17-16(14)18(25)22-21-17/h4-6,14,23H,7-8H2,1-3H3,(H3,20,21,22,25)/t14-/m1/s1. The highest BCUT2D eigenvalue weighted by molar-refractivity contribution is 6.01. The number of Topliss-reactive ketones (excluding diaryl/α,β-unsaturated/α-hetero) is 1. The Morgan fingerprint density at radius 1 is 1.16 bits per heavy atom. The highest BCUT2D eigenvalue weighted by Crippen LogP contribution is 2.49. The van der Waals surface area contributed by atoms with Crippen molar-refractivity contribution in [3.63, 3.8) is 0 Å². The van der Waals surface area contributed by atoms with Crippen LogP contribution in [0, 0.1) is 12.3 Å². The van der Waals surface area contributed by atoms with E-state index < -0.39 is 5.92 Å². The average Bonchev–Trinajstić information content (AvgIpc) is 2.87. The molecule has 1 aromatic carbocycles. The molecule has 6 heteroatoms. The van der Waals surface area contributed by atoms with Crippen LogP contribution in [-0.4, -0.2) is 21.1 Å². The molecule has 4 N–H and O–H groups in total. The number of benzene rings is 1. The van der Waals surface area contributed by atoms with Gasteiger partial charge in [0.05, 0.1) is 11.5 Å². The van der Waals surface area contributed by atoms with Gasteiger partial charge < -0.3 is 10.4 Å². The van der Waals surface area contributed by atoms with Crippen molar-refractivity contribution in [1.82, 2.24) is 10.2 Å². The minimum Gasteiger partial charge on any atom is -0.508 e. The van der Waals surface area contributed by atoms with E-state index in [0.29, 0.717) is 35.4 Å². The third-order valence-electron chi connectivity index (χ3n) is 5.08. The second-order valence-corrected chi connectivity index (χ2v) is 7.82. The molecule has 0 radical (unpaired) electrons. The molecular formula is C19H21N3O3. The van der Waals surface area contributed by atoms with E-state index in [9.17, 15) is 14.7 Å². The Bertz CT molecular complexity index is 978. The Morgan fingerprint density at radius 2 is 1.92 bits per heavy atom. The first-order chi connectivity index (χ1) is 11.8. The molecule has 25 heavy (non-hydrogen) atoms. The predicted octanol–water partition coefficient (Wildman–Crippen LogP) is 2.92. The first kappa shape index (κ1) is 15.7. The maximum Gasteiger partial charge on any atom is 0.270 e. The average molecular weight is 339 g/mol. The Kier molecular flexibility index (Phi) is 3.22. The van der Waals surface area contributed by atoms with Crippen LogP contribution in [0.4, 0.5) is 5.82 Å². The Hall–Kier alpha value is -2.76. The number of H-pyrrole nitrogens is 2. The number of phenolic OH excluding ortho intramolecular Hbond substituents is 1. The number of fused-ring (bicyclic) bond motifs is 1. The van der Waals surface area contributed by atoms with Crippen molar-refractivity contribution >= 4 is 11.6 Å². The topological polar surface area (TPSA) is 98.0 Å². The summed E-state index contributed by atoms with van der Waals surface area (Å²) in [5.41, 5.74) is 3.01. The van der Waals surface area contributed by atoms with Crippen molar-refractivity contribution in [3.05, 3.63) is 56.5 Å². The second kappa shape index (κ2) is 5.12. The number of rotatable bonds is 1. The number of hydrogen-bond acceptors (Lipinski definition) is 4. The summed E-state index contributed by atoms with van der Waals surface area (Å²) in [5.74, 6) is 0.120. The summed E-state index contributed by atoms with van der Waals surface area (Å²) in [5, 5.41) is 19.1. The number of aromatic hydroxyl groups is 1. The molecule has 0 spiro atoms. The lowest BCUT2D eigenvalue weighted by atomic mass is 9.69. The molecule has 2 aromatic rings. The van der Waals surface area contributed by atoms with Gasteiger partial charge in [-0.05, 0) is 24.8 Å². The lowest BCUT2D eigenvalue weighted by Crippen LogP contribution is -2.35. The molecule has 6 nitrogen and oxygen atoms in total. The molecule has 2 aliphatic rings. The third kappa shape index (κ3) is 2.40.